The van der Waals surface area contributed by atoms with E-state index in [0.717, 1.165) is 16.7 Å². The molecule has 1 aromatic heterocycles. The van der Waals surface area contributed by atoms with Gasteiger partial charge in [0.25, 0.3) is 11.8 Å². The molecule has 0 aliphatic carbocycles. The topological polar surface area (TPSA) is 71.3 Å². The van der Waals surface area contributed by atoms with Gasteiger partial charge in [-0.1, -0.05) is 42.5 Å². The molecule has 0 atom stereocenters. The molecule has 0 bridgehead atoms. The highest BCUT2D eigenvalue weighted by Gasteiger charge is 2.16. The van der Waals surface area contributed by atoms with Crippen LogP contribution in [0.1, 0.15) is 32.8 Å². The Balaban J connectivity index is 1.79. The third kappa shape index (κ3) is 4.76. The van der Waals surface area contributed by atoms with E-state index in [1.54, 1.807) is 24.3 Å². The van der Waals surface area contributed by atoms with Gasteiger partial charge >= 0.3 is 0 Å². The van der Waals surface area contributed by atoms with E-state index < -0.39 is 0 Å². The Kier molecular flexibility index (Phi) is 6.07. The summed E-state index contributed by atoms with van der Waals surface area (Å²) in [4.78, 5) is 25.4. The number of hydrogen-bond donors (Lipinski definition) is 2. The van der Waals surface area contributed by atoms with Crippen LogP contribution in [0.2, 0.25) is 0 Å². The SMILES string of the molecule is Cc1ccccc1CNC(=O)/C(=C/c1ccco1)NC(=O)c1ccccc1C. The third-order valence-corrected chi connectivity index (χ3v) is 4.41. The first-order valence-electron chi connectivity index (χ1n) is 8.99. The van der Waals surface area contributed by atoms with Crippen LogP contribution in [0, 0.1) is 13.8 Å². The zero-order valence-electron chi connectivity index (χ0n) is 15.9. The fourth-order valence-electron chi connectivity index (χ4n) is 2.77. The van der Waals surface area contributed by atoms with Gasteiger partial charge in [-0.3, -0.25) is 9.59 Å². The maximum Gasteiger partial charge on any atom is 0.268 e. The van der Waals surface area contributed by atoms with Crippen molar-refractivity contribution in [1.82, 2.24) is 10.6 Å². The second-order valence-electron chi connectivity index (χ2n) is 6.45. The predicted octanol–water partition coefficient (Wildman–Crippen LogP) is 3.98. The van der Waals surface area contributed by atoms with Crippen LogP contribution in [0.4, 0.5) is 0 Å². The van der Waals surface area contributed by atoms with E-state index in [-0.39, 0.29) is 17.5 Å². The van der Waals surface area contributed by atoms with Gasteiger partial charge in [0.15, 0.2) is 0 Å². The Morgan fingerprint density at radius 2 is 1.64 bits per heavy atom. The van der Waals surface area contributed by atoms with E-state index in [4.69, 9.17) is 4.42 Å². The van der Waals surface area contributed by atoms with Crippen molar-refractivity contribution in [2.75, 3.05) is 0 Å². The van der Waals surface area contributed by atoms with Crippen LogP contribution in [0.15, 0.2) is 77.0 Å². The molecule has 0 radical (unpaired) electrons. The van der Waals surface area contributed by atoms with Crippen molar-refractivity contribution < 1.29 is 14.0 Å². The molecule has 2 N–H and O–H groups in total. The molecule has 142 valence electrons. The van der Waals surface area contributed by atoms with Crippen LogP contribution in [-0.2, 0) is 11.3 Å². The van der Waals surface area contributed by atoms with Crippen molar-refractivity contribution >= 4 is 17.9 Å². The normalized spacial score (nSPS) is 11.1. The highest BCUT2D eigenvalue weighted by atomic mass is 16.3. The fourth-order valence-corrected chi connectivity index (χ4v) is 2.77. The molecule has 5 heteroatoms. The van der Waals surface area contributed by atoms with E-state index in [9.17, 15) is 9.59 Å². The largest absolute Gasteiger partial charge is 0.465 e. The van der Waals surface area contributed by atoms with Crippen LogP contribution in [-0.4, -0.2) is 11.8 Å². The molecule has 5 nitrogen and oxygen atoms in total. The number of carbonyl (C=O) groups excluding carboxylic acids is 2. The minimum Gasteiger partial charge on any atom is -0.465 e. The highest BCUT2D eigenvalue weighted by molar-refractivity contribution is 6.05. The third-order valence-electron chi connectivity index (χ3n) is 4.41. The first-order valence-corrected chi connectivity index (χ1v) is 8.99. The lowest BCUT2D eigenvalue weighted by Gasteiger charge is -2.12. The summed E-state index contributed by atoms with van der Waals surface area (Å²) in [5.41, 5.74) is 3.57. The summed E-state index contributed by atoms with van der Waals surface area (Å²) >= 11 is 0. The average Bonchev–Trinajstić information content (AvgIpc) is 3.20. The molecule has 0 spiro atoms. The zero-order chi connectivity index (χ0) is 19.9. The molecule has 0 saturated heterocycles. The van der Waals surface area contributed by atoms with Crippen LogP contribution in [0.5, 0.6) is 0 Å². The Labute approximate surface area is 164 Å². The maximum absolute atomic E-state index is 12.8. The molecule has 2 aromatic carbocycles. The van der Waals surface area contributed by atoms with Crippen LogP contribution in [0.3, 0.4) is 0 Å². The van der Waals surface area contributed by atoms with Crippen molar-refractivity contribution in [2.45, 2.75) is 20.4 Å². The number of aryl methyl sites for hydroxylation is 2. The molecule has 0 aliphatic rings. The van der Waals surface area contributed by atoms with E-state index >= 15 is 0 Å². The lowest BCUT2D eigenvalue weighted by molar-refractivity contribution is -0.117. The van der Waals surface area contributed by atoms with Crippen molar-refractivity contribution in [3.63, 3.8) is 0 Å². The zero-order valence-corrected chi connectivity index (χ0v) is 15.9. The van der Waals surface area contributed by atoms with Crippen molar-refractivity contribution in [3.8, 4) is 0 Å². The number of benzene rings is 2. The van der Waals surface area contributed by atoms with Gasteiger partial charge in [-0.25, -0.2) is 0 Å². The fraction of sp³-hybridized carbons (Fsp3) is 0.130. The van der Waals surface area contributed by atoms with Crippen LogP contribution < -0.4 is 10.6 Å². The van der Waals surface area contributed by atoms with Crippen molar-refractivity contribution in [2.24, 2.45) is 0 Å². The van der Waals surface area contributed by atoms with Gasteiger partial charge in [-0.15, -0.1) is 0 Å². The molecule has 0 saturated carbocycles. The smallest absolute Gasteiger partial charge is 0.268 e. The summed E-state index contributed by atoms with van der Waals surface area (Å²) < 4.78 is 5.30. The monoisotopic (exact) mass is 374 g/mol. The second-order valence-corrected chi connectivity index (χ2v) is 6.45. The number of rotatable bonds is 6. The molecular weight excluding hydrogens is 352 g/mol. The quantitative estimate of drug-likeness (QED) is 0.641. The second kappa shape index (κ2) is 8.86. The maximum atomic E-state index is 12.8. The number of amides is 2. The molecule has 1 heterocycles. The minimum atomic E-state index is -0.387. The molecule has 2 amide bonds. The van der Waals surface area contributed by atoms with Gasteiger partial charge < -0.3 is 15.1 Å². The summed E-state index contributed by atoms with van der Waals surface area (Å²) in [5, 5.41) is 5.57. The van der Waals surface area contributed by atoms with Crippen LogP contribution in [0.25, 0.3) is 6.08 Å². The number of carbonyl (C=O) groups is 2. The standard InChI is InChI=1S/C23H22N2O3/c1-16-8-3-5-10-18(16)15-24-23(27)21(14-19-11-7-13-28-19)25-22(26)20-12-6-4-9-17(20)2/h3-14H,15H2,1-2H3,(H,24,27)(H,25,26)/b21-14-. The Hall–Kier alpha value is -3.60. The predicted molar refractivity (Wildman–Crippen MR) is 108 cm³/mol. The average molecular weight is 374 g/mol. The molecule has 0 unspecified atom stereocenters. The number of nitrogens with one attached hydrogen (secondary N) is 2. The lowest BCUT2D eigenvalue weighted by Crippen LogP contribution is -2.35. The van der Waals surface area contributed by atoms with Gasteiger partial charge in [-0.2, -0.15) is 0 Å². The highest BCUT2D eigenvalue weighted by Crippen LogP contribution is 2.11. The van der Waals surface area contributed by atoms with E-state index in [2.05, 4.69) is 10.6 Å². The van der Waals surface area contributed by atoms with E-state index in [0.29, 0.717) is 17.9 Å². The number of hydrogen-bond acceptors (Lipinski definition) is 3. The molecule has 3 rings (SSSR count). The summed E-state index contributed by atoms with van der Waals surface area (Å²) in [6.45, 7) is 4.20. The molecular formula is C23H22N2O3. The van der Waals surface area contributed by atoms with Gasteiger partial charge in [-0.05, 0) is 48.7 Å². The summed E-state index contributed by atoms with van der Waals surface area (Å²) in [5.74, 6) is -0.255. The lowest BCUT2D eigenvalue weighted by atomic mass is 10.1. The summed E-state index contributed by atoms with van der Waals surface area (Å²) in [6.07, 6.45) is 3.03. The Morgan fingerprint density at radius 1 is 0.929 bits per heavy atom. The molecule has 28 heavy (non-hydrogen) atoms. The Bertz CT molecular complexity index is 1000. The van der Waals surface area contributed by atoms with Gasteiger partial charge in [0.05, 0.1) is 6.26 Å². The molecule has 0 aliphatic heterocycles. The van der Waals surface area contributed by atoms with Crippen molar-refractivity contribution in [1.29, 1.82) is 0 Å². The summed E-state index contributed by atoms with van der Waals surface area (Å²) in [6, 6.07) is 18.5. The minimum absolute atomic E-state index is 0.122. The van der Waals surface area contributed by atoms with Gasteiger partial charge in [0.1, 0.15) is 11.5 Å². The van der Waals surface area contributed by atoms with Crippen LogP contribution >= 0.6 is 0 Å². The Morgan fingerprint density at radius 3 is 2.32 bits per heavy atom. The first kappa shape index (κ1) is 19.2. The number of furan rings is 1. The van der Waals surface area contributed by atoms with Gasteiger partial charge in [0.2, 0.25) is 0 Å². The van der Waals surface area contributed by atoms with Gasteiger partial charge in [0, 0.05) is 18.2 Å². The first-order chi connectivity index (χ1) is 13.5. The molecule has 3 aromatic rings. The van der Waals surface area contributed by atoms with Crippen molar-refractivity contribution in [3.05, 3.63) is 101 Å². The summed E-state index contributed by atoms with van der Waals surface area (Å²) in [7, 11) is 0. The van der Waals surface area contributed by atoms with E-state index in [1.807, 2.05) is 50.2 Å². The van der Waals surface area contributed by atoms with E-state index in [1.165, 1.54) is 12.3 Å². The molecule has 0 fully saturated rings.